The SMILES string of the molecule is CS(=O)(=O)NCc1ccc(C(=O)Nc2cccnc2)cc1. The van der Waals surface area contributed by atoms with E-state index in [0.29, 0.717) is 11.3 Å². The molecule has 1 amide bonds. The van der Waals surface area contributed by atoms with Gasteiger partial charge >= 0.3 is 0 Å². The summed E-state index contributed by atoms with van der Waals surface area (Å²) in [6.45, 7) is 0.198. The molecule has 1 heterocycles. The zero-order chi connectivity index (χ0) is 15.3. The standard InChI is InChI=1S/C14H15N3O3S/c1-21(19,20)16-9-11-4-6-12(7-5-11)14(18)17-13-3-2-8-15-10-13/h2-8,10,16H,9H2,1H3,(H,17,18). The average molecular weight is 305 g/mol. The van der Waals surface area contributed by atoms with Crippen LogP contribution in [0.15, 0.2) is 48.8 Å². The number of carbonyl (C=O) groups excluding carboxylic acids is 1. The molecule has 0 unspecified atom stereocenters. The molecule has 21 heavy (non-hydrogen) atoms. The number of rotatable bonds is 5. The molecule has 110 valence electrons. The first kappa shape index (κ1) is 15.1. The number of sulfonamides is 1. The maximum absolute atomic E-state index is 12.0. The van der Waals surface area contributed by atoms with E-state index in [1.807, 2.05) is 0 Å². The van der Waals surface area contributed by atoms with Crippen molar-refractivity contribution < 1.29 is 13.2 Å². The van der Waals surface area contributed by atoms with Crippen molar-refractivity contribution in [2.75, 3.05) is 11.6 Å². The maximum Gasteiger partial charge on any atom is 0.255 e. The van der Waals surface area contributed by atoms with Gasteiger partial charge in [-0.25, -0.2) is 13.1 Å². The quantitative estimate of drug-likeness (QED) is 0.873. The molecule has 6 nitrogen and oxygen atoms in total. The molecule has 0 aliphatic rings. The van der Waals surface area contributed by atoms with Gasteiger partial charge in [0.05, 0.1) is 18.1 Å². The molecule has 2 aromatic rings. The first-order chi connectivity index (χ1) is 9.94. The first-order valence-corrected chi connectivity index (χ1v) is 8.08. The van der Waals surface area contributed by atoms with Crippen LogP contribution in [0.4, 0.5) is 5.69 Å². The summed E-state index contributed by atoms with van der Waals surface area (Å²) in [5, 5.41) is 2.72. The second-order valence-corrected chi connectivity index (χ2v) is 6.32. The molecule has 7 heteroatoms. The molecule has 0 atom stereocenters. The molecule has 0 radical (unpaired) electrons. The highest BCUT2D eigenvalue weighted by molar-refractivity contribution is 7.88. The van der Waals surface area contributed by atoms with Crippen LogP contribution in [0.3, 0.4) is 0 Å². The van der Waals surface area contributed by atoms with E-state index in [9.17, 15) is 13.2 Å². The highest BCUT2D eigenvalue weighted by atomic mass is 32.2. The number of hydrogen-bond acceptors (Lipinski definition) is 4. The van der Waals surface area contributed by atoms with E-state index < -0.39 is 10.0 Å². The molecular formula is C14H15N3O3S. The van der Waals surface area contributed by atoms with Crippen LogP contribution in [-0.2, 0) is 16.6 Å². The Bertz CT molecular complexity index is 713. The van der Waals surface area contributed by atoms with E-state index in [0.717, 1.165) is 11.8 Å². The number of amides is 1. The summed E-state index contributed by atoms with van der Waals surface area (Å²) >= 11 is 0. The van der Waals surface area contributed by atoms with Gasteiger partial charge in [-0.05, 0) is 29.8 Å². The van der Waals surface area contributed by atoms with Gasteiger partial charge < -0.3 is 5.32 Å². The normalized spacial score (nSPS) is 11.1. The van der Waals surface area contributed by atoms with Gasteiger partial charge in [0.2, 0.25) is 10.0 Å². The number of anilines is 1. The zero-order valence-corrected chi connectivity index (χ0v) is 12.2. The van der Waals surface area contributed by atoms with Crippen molar-refractivity contribution in [3.63, 3.8) is 0 Å². The Kier molecular flexibility index (Phi) is 4.66. The van der Waals surface area contributed by atoms with Crippen LogP contribution in [0.5, 0.6) is 0 Å². The Balaban J connectivity index is 2.00. The van der Waals surface area contributed by atoms with E-state index in [1.165, 1.54) is 0 Å². The third-order valence-electron chi connectivity index (χ3n) is 2.67. The van der Waals surface area contributed by atoms with Crippen molar-refractivity contribution in [3.05, 3.63) is 59.9 Å². The number of benzene rings is 1. The summed E-state index contributed by atoms with van der Waals surface area (Å²) in [6.07, 6.45) is 4.28. The molecule has 2 N–H and O–H groups in total. The molecule has 0 fully saturated rings. The molecule has 0 saturated carbocycles. The minimum absolute atomic E-state index is 0.198. The fourth-order valence-corrected chi connectivity index (χ4v) is 2.06. The zero-order valence-electron chi connectivity index (χ0n) is 11.4. The number of pyridine rings is 1. The molecule has 1 aromatic carbocycles. The third kappa shape index (κ3) is 4.97. The van der Waals surface area contributed by atoms with Crippen molar-refractivity contribution in [2.24, 2.45) is 0 Å². The Morgan fingerprint density at radius 3 is 2.48 bits per heavy atom. The molecule has 0 aliphatic heterocycles. The number of aromatic nitrogens is 1. The van der Waals surface area contributed by atoms with Gasteiger partial charge in [0.1, 0.15) is 0 Å². The van der Waals surface area contributed by atoms with Crippen LogP contribution < -0.4 is 10.0 Å². The summed E-state index contributed by atoms with van der Waals surface area (Å²) in [4.78, 5) is 15.9. The van der Waals surface area contributed by atoms with Crippen molar-refractivity contribution in [1.29, 1.82) is 0 Å². The first-order valence-electron chi connectivity index (χ1n) is 6.19. The molecule has 2 rings (SSSR count). The Hall–Kier alpha value is -2.25. The van der Waals surface area contributed by atoms with Gasteiger partial charge in [0.25, 0.3) is 5.91 Å². The Labute approximate surface area is 123 Å². The van der Waals surface area contributed by atoms with Crippen molar-refractivity contribution in [3.8, 4) is 0 Å². The predicted molar refractivity (Wildman–Crippen MR) is 80.3 cm³/mol. The molecule has 0 bridgehead atoms. The third-order valence-corrected chi connectivity index (χ3v) is 3.34. The van der Waals surface area contributed by atoms with Gasteiger partial charge in [-0.15, -0.1) is 0 Å². The van der Waals surface area contributed by atoms with Gasteiger partial charge in [-0.2, -0.15) is 0 Å². The predicted octanol–water partition coefficient (Wildman–Crippen LogP) is 1.38. The van der Waals surface area contributed by atoms with E-state index in [1.54, 1.807) is 48.8 Å². The number of nitrogens with zero attached hydrogens (tertiary/aromatic N) is 1. The molecule has 0 spiro atoms. The highest BCUT2D eigenvalue weighted by Gasteiger charge is 2.06. The smallest absolute Gasteiger partial charge is 0.255 e. The maximum atomic E-state index is 12.0. The topological polar surface area (TPSA) is 88.2 Å². The number of nitrogens with one attached hydrogen (secondary N) is 2. The Morgan fingerprint density at radius 2 is 1.90 bits per heavy atom. The molecular weight excluding hydrogens is 290 g/mol. The van der Waals surface area contributed by atoms with Crippen molar-refractivity contribution in [1.82, 2.24) is 9.71 Å². The number of carbonyl (C=O) groups is 1. The fraction of sp³-hybridized carbons (Fsp3) is 0.143. The van der Waals surface area contributed by atoms with Gasteiger partial charge in [0, 0.05) is 18.3 Å². The fourth-order valence-electron chi connectivity index (χ4n) is 1.63. The summed E-state index contributed by atoms with van der Waals surface area (Å²) in [6, 6.07) is 10.2. The minimum atomic E-state index is -3.23. The van der Waals surface area contributed by atoms with Crippen LogP contribution in [0.2, 0.25) is 0 Å². The van der Waals surface area contributed by atoms with Crippen LogP contribution in [0.1, 0.15) is 15.9 Å². The summed E-state index contributed by atoms with van der Waals surface area (Å²) in [7, 11) is -3.23. The molecule has 0 aliphatic carbocycles. The lowest BCUT2D eigenvalue weighted by atomic mass is 10.1. The van der Waals surface area contributed by atoms with E-state index in [4.69, 9.17) is 0 Å². The highest BCUT2D eigenvalue weighted by Crippen LogP contribution is 2.09. The summed E-state index contributed by atoms with van der Waals surface area (Å²) < 4.78 is 24.4. The lowest BCUT2D eigenvalue weighted by Crippen LogP contribution is -2.21. The van der Waals surface area contributed by atoms with E-state index in [2.05, 4.69) is 15.0 Å². The van der Waals surface area contributed by atoms with Crippen LogP contribution in [0.25, 0.3) is 0 Å². The second-order valence-electron chi connectivity index (χ2n) is 4.49. The van der Waals surface area contributed by atoms with Crippen LogP contribution >= 0.6 is 0 Å². The molecule has 0 saturated heterocycles. The van der Waals surface area contributed by atoms with Crippen molar-refractivity contribution >= 4 is 21.6 Å². The van der Waals surface area contributed by atoms with Gasteiger partial charge in [-0.3, -0.25) is 9.78 Å². The Morgan fingerprint density at radius 1 is 1.19 bits per heavy atom. The van der Waals surface area contributed by atoms with Gasteiger partial charge in [0.15, 0.2) is 0 Å². The second kappa shape index (κ2) is 6.47. The average Bonchev–Trinajstić information content (AvgIpc) is 2.46. The monoisotopic (exact) mass is 305 g/mol. The van der Waals surface area contributed by atoms with Crippen LogP contribution in [-0.4, -0.2) is 25.6 Å². The lowest BCUT2D eigenvalue weighted by Gasteiger charge is -2.06. The minimum Gasteiger partial charge on any atom is -0.321 e. The number of hydrogen-bond donors (Lipinski definition) is 2. The lowest BCUT2D eigenvalue weighted by molar-refractivity contribution is 0.102. The summed E-state index contributed by atoms with van der Waals surface area (Å²) in [5.74, 6) is -0.245. The van der Waals surface area contributed by atoms with E-state index in [-0.39, 0.29) is 12.5 Å². The van der Waals surface area contributed by atoms with Crippen molar-refractivity contribution in [2.45, 2.75) is 6.54 Å². The molecule has 1 aromatic heterocycles. The van der Waals surface area contributed by atoms with Crippen LogP contribution in [0, 0.1) is 0 Å². The van der Waals surface area contributed by atoms with Gasteiger partial charge in [-0.1, -0.05) is 12.1 Å². The van der Waals surface area contributed by atoms with E-state index >= 15 is 0 Å². The largest absolute Gasteiger partial charge is 0.321 e. The summed E-state index contributed by atoms with van der Waals surface area (Å²) in [5.41, 5.74) is 1.88.